The van der Waals surface area contributed by atoms with Gasteiger partial charge in [0.25, 0.3) is 0 Å². The predicted octanol–water partition coefficient (Wildman–Crippen LogP) is 1.56. The smallest absolute Gasteiger partial charge is 0.220 e. The molecule has 1 fully saturated rings. The lowest BCUT2D eigenvalue weighted by Crippen LogP contribution is -2.36. The quantitative estimate of drug-likeness (QED) is 0.882. The Labute approximate surface area is 149 Å². The fourth-order valence-electron chi connectivity index (χ4n) is 3.04. The van der Waals surface area contributed by atoms with Crippen LogP contribution in [0.1, 0.15) is 16.1 Å². The number of hydrogen-bond acceptors (Lipinski definition) is 8. The van der Waals surface area contributed by atoms with E-state index in [1.54, 1.807) is 11.3 Å². The molecule has 0 unspecified atom stereocenters. The maximum atomic E-state index is 6.38. The van der Waals surface area contributed by atoms with Crippen LogP contribution in [0.2, 0.25) is 5.15 Å². The maximum absolute atomic E-state index is 6.38. The first-order valence-electron chi connectivity index (χ1n) is 7.99. The molecule has 0 aromatic carbocycles. The molecule has 128 valence electrons. The minimum atomic E-state index is 0.350. The van der Waals surface area contributed by atoms with Crippen molar-refractivity contribution in [1.82, 2.24) is 19.9 Å². The van der Waals surface area contributed by atoms with E-state index in [0.717, 1.165) is 73.6 Å². The van der Waals surface area contributed by atoms with Gasteiger partial charge in [-0.3, -0.25) is 4.90 Å². The molecular weight excluding hydrogens is 348 g/mol. The van der Waals surface area contributed by atoms with E-state index in [1.807, 2.05) is 6.20 Å². The highest BCUT2D eigenvalue weighted by Crippen LogP contribution is 2.32. The van der Waals surface area contributed by atoms with Gasteiger partial charge in [0.2, 0.25) is 5.95 Å². The molecule has 0 saturated carbocycles. The van der Waals surface area contributed by atoms with Crippen molar-refractivity contribution in [1.29, 1.82) is 0 Å². The van der Waals surface area contributed by atoms with E-state index in [9.17, 15) is 0 Å². The molecule has 2 aromatic rings. The molecule has 0 atom stereocenters. The second kappa shape index (κ2) is 6.79. The Balaban J connectivity index is 1.46. The number of nitrogens with two attached hydrogens (primary N) is 1. The first-order chi connectivity index (χ1) is 11.7. The van der Waals surface area contributed by atoms with Crippen LogP contribution < -0.4 is 10.6 Å². The number of rotatable bonds is 3. The van der Waals surface area contributed by atoms with Crippen molar-refractivity contribution in [2.75, 3.05) is 43.5 Å². The van der Waals surface area contributed by atoms with Gasteiger partial charge in [0, 0.05) is 50.9 Å². The third-order valence-electron chi connectivity index (χ3n) is 4.32. The molecule has 2 aliphatic rings. The number of morpholine rings is 1. The van der Waals surface area contributed by atoms with Crippen molar-refractivity contribution in [3.8, 4) is 0 Å². The van der Waals surface area contributed by atoms with Crippen molar-refractivity contribution in [2.45, 2.75) is 19.5 Å². The number of thiazole rings is 1. The number of ether oxygens (including phenoxy) is 1. The minimum Gasteiger partial charge on any atom is -0.378 e. The fourth-order valence-corrected chi connectivity index (χ4v) is 4.39. The summed E-state index contributed by atoms with van der Waals surface area (Å²) in [5.41, 5.74) is 7.86. The van der Waals surface area contributed by atoms with E-state index in [-0.39, 0.29) is 0 Å². The second-order valence-electron chi connectivity index (χ2n) is 5.97. The zero-order valence-corrected chi connectivity index (χ0v) is 14.8. The lowest BCUT2D eigenvalue weighted by Gasteiger charge is -2.27. The molecule has 9 heteroatoms. The van der Waals surface area contributed by atoms with Gasteiger partial charge in [0.1, 0.15) is 5.15 Å². The summed E-state index contributed by atoms with van der Waals surface area (Å²) in [5.74, 6) is 0.350. The summed E-state index contributed by atoms with van der Waals surface area (Å²) < 4.78 is 5.39. The average molecular weight is 367 g/mol. The normalized spacial score (nSPS) is 18.6. The van der Waals surface area contributed by atoms with Crippen LogP contribution in [0.3, 0.4) is 0 Å². The van der Waals surface area contributed by atoms with Gasteiger partial charge >= 0.3 is 0 Å². The molecule has 0 aliphatic carbocycles. The van der Waals surface area contributed by atoms with Gasteiger partial charge in [-0.15, -0.1) is 0 Å². The molecule has 7 nitrogen and oxygen atoms in total. The standard InChI is InChI=1S/C15H19ClN6OS/c16-13-12(24-15(20-13)22-3-5-23-6-4-22)9-21-2-1-11-10(8-21)7-18-14(17)19-11/h7H,1-6,8-9H2,(H2,17,18,19). The monoisotopic (exact) mass is 366 g/mol. The van der Waals surface area contributed by atoms with Crippen LogP contribution in [0.5, 0.6) is 0 Å². The molecule has 2 N–H and O–H groups in total. The first-order valence-corrected chi connectivity index (χ1v) is 9.19. The van der Waals surface area contributed by atoms with Crippen LogP contribution >= 0.6 is 22.9 Å². The highest BCUT2D eigenvalue weighted by Gasteiger charge is 2.22. The molecule has 4 heterocycles. The highest BCUT2D eigenvalue weighted by molar-refractivity contribution is 7.16. The van der Waals surface area contributed by atoms with E-state index in [1.165, 1.54) is 0 Å². The Kier molecular flexibility index (Phi) is 4.53. The van der Waals surface area contributed by atoms with Crippen LogP contribution in [-0.2, 0) is 24.2 Å². The summed E-state index contributed by atoms with van der Waals surface area (Å²) in [6, 6.07) is 0. The summed E-state index contributed by atoms with van der Waals surface area (Å²) in [6.07, 6.45) is 2.71. The van der Waals surface area contributed by atoms with Crippen molar-refractivity contribution in [3.05, 3.63) is 27.5 Å². The lowest BCUT2D eigenvalue weighted by molar-refractivity contribution is 0.122. The van der Waals surface area contributed by atoms with E-state index in [0.29, 0.717) is 11.1 Å². The Hall–Kier alpha value is -1.48. The summed E-state index contributed by atoms with van der Waals surface area (Å²) in [4.78, 5) is 18.7. The number of anilines is 2. The first kappa shape index (κ1) is 16.0. The molecule has 4 rings (SSSR count). The third-order valence-corrected chi connectivity index (χ3v) is 5.84. The summed E-state index contributed by atoms with van der Waals surface area (Å²) in [6.45, 7) is 5.79. The van der Waals surface area contributed by atoms with E-state index in [2.05, 4.69) is 24.8 Å². The van der Waals surface area contributed by atoms with Gasteiger partial charge in [-0.1, -0.05) is 22.9 Å². The van der Waals surface area contributed by atoms with Crippen molar-refractivity contribution in [3.63, 3.8) is 0 Å². The van der Waals surface area contributed by atoms with Crippen molar-refractivity contribution >= 4 is 34.0 Å². The Morgan fingerprint density at radius 3 is 2.92 bits per heavy atom. The summed E-state index contributed by atoms with van der Waals surface area (Å²) >= 11 is 8.06. The predicted molar refractivity (Wildman–Crippen MR) is 94.4 cm³/mol. The molecular formula is C15H19ClN6OS. The second-order valence-corrected chi connectivity index (χ2v) is 7.39. The lowest BCUT2D eigenvalue weighted by atomic mass is 10.1. The average Bonchev–Trinajstić information content (AvgIpc) is 2.97. The zero-order chi connectivity index (χ0) is 16.5. The molecule has 0 bridgehead atoms. The van der Waals surface area contributed by atoms with Gasteiger partial charge in [0.15, 0.2) is 5.13 Å². The van der Waals surface area contributed by atoms with Crippen LogP contribution in [0.4, 0.5) is 11.1 Å². The Morgan fingerprint density at radius 1 is 1.25 bits per heavy atom. The number of fused-ring (bicyclic) bond motifs is 1. The molecule has 0 radical (unpaired) electrons. The number of nitrogen functional groups attached to an aromatic ring is 1. The van der Waals surface area contributed by atoms with Crippen molar-refractivity contribution < 1.29 is 4.74 Å². The molecule has 2 aromatic heterocycles. The minimum absolute atomic E-state index is 0.350. The third kappa shape index (κ3) is 3.32. The Bertz CT molecular complexity index is 733. The Morgan fingerprint density at radius 2 is 2.08 bits per heavy atom. The van der Waals surface area contributed by atoms with Crippen LogP contribution in [0.15, 0.2) is 6.20 Å². The van der Waals surface area contributed by atoms with Crippen LogP contribution in [-0.4, -0.2) is 52.7 Å². The van der Waals surface area contributed by atoms with Gasteiger partial charge in [0.05, 0.1) is 23.8 Å². The SMILES string of the molecule is Nc1ncc2c(n1)CCN(Cc1sc(N3CCOCC3)nc1Cl)C2. The number of aromatic nitrogens is 3. The van der Waals surface area contributed by atoms with E-state index in [4.69, 9.17) is 22.1 Å². The molecule has 2 aliphatic heterocycles. The van der Waals surface area contributed by atoms with Gasteiger partial charge in [-0.2, -0.15) is 0 Å². The number of nitrogens with zero attached hydrogens (tertiary/aromatic N) is 5. The maximum Gasteiger partial charge on any atom is 0.220 e. The van der Waals surface area contributed by atoms with Gasteiger partial charge in [-0.05, 0) is 0 Å². The number of halogens is 1. The van der Waals surface area contributed by atoms with Crippen LogP contribution in [0.25, 0.3) is 0 Å². The molecule has 0 spiro atoms. The largest absolute Gasteiger partial charge is 0.378 e. The molecule has 0 amide bonds. The zero-order valence-electron chi connectivity index (χ0n) is 13.2. The van der Waals surface area contributed by atoms with Gasteiger partial charge in [-0.25, -0.2) is 15.0 Å². The van der Waals surface area contributed by atoms with Crippen LogP contribution in [0, 0.1) is 0 Å². The van der Waals surface area contributed by atoms with Crippen molar-refractivity contribution in [2.24, 2.45) is 0 Å². The highest BCUT2D eigenvalue weighted by atomic mass is 35.5. The summed E-state index contributed by atoms with van der Waals surface area (Å²) in [5, 5.41) is 1.60. The van der Waals surface area contributed by atoms with Gasteiger partial charge < -0.3 is 15.4 Å². The summed E-state index contributed by atoms with van der Waals surface area (Å²) in [7, 11) is 0. The molecule has 24 heavy (non-hydrogen) atoms. The topological polar surface area (TPSA) is 80.4 Å². The number of hydrogen-bond donors (Lipinski definition) is 1. The molecule has 1 saturated heterocycles. The van der Waals surface area contributed by atoms with E-state index < -0.39 is 0 Å². The van der Waals surface area contributed by atoms with E-state index >= 15 is 0 Å². The fraction of sp³-hybridized carbons (Fsp3) is 0.533.